The van der Waals surface area contributed by atoms with Crippen LogP contribution < -0.4 is 14.4 Å². The van der Waals surface area contributed by atoms with Crippen molar-refractivity contribution in [2.45, 2.75) is 50.7 Å². The highest BCUT2D eigenvalue weighted by molar-refractivity contribution is 7.92. The highest BCUT2D eigenvalue weighted by atomic mass is 32.2. The van der Waals surface area contributed by atoms with Gasteiger partial charge in [0, 0.05) is 18.7 Å². The van der Waals surface area contributed by atoms with E-state index in [-0.39, 0.29) is 29.1 Å². The van der Waals surface area contributed by atoms with E-state index in [9.17, 15) is 18.0 Å². The molecule has 9 heteroatoms. The van der Waals surface area contributed by atoms with E-state index in [1.165, 1.54) is 24.1 Å². The maximum Gasteiger partial charge on any atom is 0.264 e. The van der Waals surface area contributed by atoms with Crippen molar-refractivity contribution in [3.8, 4) is 5.75 Å². The molecule has 3 aromatic carbocycles. The minimum Gasteiger partial charge on any atom is -0.497 e. The molecule has 3 aromatic rings. The number of nitrogens with zero attached hydrogens (tertiary/aromatic N) is 2. The van der Waals surface area contributed by atoms with Crippen molar-refractivity contribution in [1.29, 1.82) is 0 Å². The molecule has 0 radical (unpaired) electrons. The first-order valence-electron chi connectivity index (χ1n) is 12.5. The Morgan fingerprint density at radius 1 is 0.921 bits per heavy atom. The zero-order chi connectivity index (χ0) is 27.7. The number of benzene rings is 3. The second-order valence-corrected chi connectivity index (χ2v) is 10.9. The topological polar surface area (TPSA) is 96.0 Å². The monoisotopic (exact) mass is 537 g/mol. The molecule has 0 aliphatic heterocycles. The van der Waals surface area contributed by atoms with Crippen molar-refractivity contribution in [1.82, 2.24) is 10.2 Å². The molecular formula is C29H35N3O5S. The normalized spacial score (nSPS) is 12.7. The summed E-state index contributed by atoms with van der Waals surface area (Å²) in [6.45, 7) is 5.15. The summed E-state index contributed by atoms with van der Waals surface area (Å²) in [5.74, 6) is -0.365. The minimum absolute atomic E-state index is 0.0489. The van der Waals surface area contributed by atoms with E-state index < -0.39 is 28.5 Å². The predicted molar refractivity (Wildman–Crippen MR) is 148 cm³/mol. The number of hydrogen-bond acceptors (Lipinski definition) is 5. The third kappa shape index (κ3) is 7.13. The third-order valence-electron chi connectivity index (χ3n) is 6.32. The molecule has 0 saturated carbocycles. The lowest BCUT2D eigenvalue weighted by atomic mass is 10.1. The lowest BCUT2D eigenvalue weighted by molar-refractivity contribution is -0.139. The molecule has 0 heterocycles. The van der Waals surface area contributed by atoms with Gasteiger partial charge in [-0.25, -0.2) is 8.42 Å². The summed E-state index contributed by atoms with van der Waals surface area (Å²) in [6.07, 6.45) is 0.740. The summed E-state index contributed by atoms with van der Waals surface area (Å²) in [5.41, 5.74) is 1.10. The van der Waals surface area contributed by atoms with Crippen LogP contribution in [0.2, 0.25) is 0 Å². The molecular weight excluding hydrogens is 502 g/mol. The molecule has 0 unspecified atom stereocenters. The Morgan fingerprint density at radius 3 is 2.16 bits per heavy atom. The smallest absolute Gasteiger partial charge is 0.264 e. The van der Waals surface area contributed by atoms with Gasteiger partial charge in [-0.05, 0) is 50.1 Å². The van der Waals surface area contributed by atoms with Gasteiger partial charge in [-0.3, -0.25) is 13.9 Å². The first kappa shape index (κ1) is 28.7. The van der Waals surface area contributed by atoms with Gasteiger partial charge in [-0.2, -0.15) is 0 Å². The van der Waals surface area contributed by atoms with Gasteiger partial charge < -0.3 is 15.0 Å². The Morgan fingerprint density at radius 2 is 1.55 bits per heavy atom. The van der Waals surface area contributed by atoms with Gasteiger partial charge in [0.25, 0.3) is 10.0 Å². The Bertz CT molecular complexity index is 1320. The molecule has 0 fully saturated rings. The Hall–Kier alpha value is -3.85. The van der Waals surface area contributed by atoms with Crippen LogP contribution in [0.3, 0.4) is 0 Å². The lowest BCUT2D eigenvalue weighted by Gasteiger charge is -2.32. The predicted octanol–water partition coefficient (Wildman–Crippen LogP) is 4.22. The van der Waals surface area contributed by atoms with Gasteiger partial charge in [-0.1, -0.05) is 61.5 Å². The standard InChI is InChI=1S/C29H35N3O5S/c1-5-22(2)30-29(34)23(3)31(20-24-13-8-6-9-14-24)28(33)21-32(25-15-12-16-26(19-25)37-4)38(35,36)27-17-10-7-11-18-27/h6-19,22-23H,5,20-21H2,1-4H3,(H,30,34)/t22-,23-/m0/s1. The molecule has 2 atom stereocenters. The van der Waals surface area contributed by atoms with Gasteiger partial charge in [0.1, 0.15) is 18.3 Å². The van der Waals surface area contributed by atoms with E-state index in [2.05, 4.69) is 5.32 Å². The van der Waals surface area contributed by atoms with Crippen molar-refractivity contribution in [2.24, 2.45) is 0 Å². The number of sulfonamides is 1. The SMILES string of the molecule is CC[C@H](C)NC(=O)[C@H](C)N(Cc1ccccc1)C(=O)CN(c1cccc(OC)c1)S(=O)(=O)c1ccccc1. The Labute approximate surface area is 225 Å². The van der Waals surface area contributed by atoms with Crippen molar-refractivity contribution >= 4 is 27.5 Å². The van der Waals surface area contributed by atoms with Crippen molar-refractivity contribution in [2.75, 3.05) is 18.0 Å². The van der Waals surface area contributed by atoms with E-state index in [0.717, 1.165) is 16.3 Å². The van der Waals surface area contributed by atoms with Crippen LogP contribution in [0, 0.1) is 0 Å². The molecule has 8 nitrogen and oxygen atoms in total. The summed E-state index contributed by atoms with van der Waals surface area (Å²) in [6, 6.07) is 22.9. The number of carbonyl (C=O) groups excluding carboxylic acids is 2. The molecule has 0 bridgehead atoms. The largest absolute Gasteiger partial charge is 0.497 e. The van der Waals surface area contributed by atoms with Crippen LogP contribution in [0.15, 0.2) is 89.8 Å². The maximum absolute atomic E-state index is 13.9. The molecule has 38 heavy (non-hydrogen) atoms. The summed E-state index contributed by atoms with van der Waals surface area (Å²) >= 11 is 0. The van der Waals surface area contributed by atoms with E-state index in [1.54, 1.807) is 49.4 Å². The van der Waals surface area contributed by atoms with E-state index in [4.69, 9.17) is 4.74 Å². The third-order valence-corrected chi connectivity index (χ3v) is 8.10. The summed E-state index contributed by atoms with van der Waals surface area (Å²) in [4.78, 5) is 28.4. The second kappa shape index (κ2) is 13.1. The zero-order valence-electron chi connectivity index (χ0n) is 22.2. The average Bonchev–Trinajstić information content (AvgIpc) is 2.94. The number of rotatable bonds is 12. The van der Waals surface area contributed by atoms with Gasteiger partial charge in [0.2, 0.25) is 11.8 Å². The van der Waals surface area contributed by atoms with Crippen LogP contribution in [-0.4, -0.2) is 50.9 Å². The lowest BCUT2D eigenvalue weighted by Crippen LogP contribution is -2.52. The Kier molecular flexibility index (Phi) is 9.90. The molecule has 0 aliphatic rings. The maximum atomic E-state index is 13.9. The fourth-order valence-electron chi connectivity index (χ4n) is 3.84. The molecule has 0 aliphatic carbocycles. The summed E-state index contributed by atoms with van der Waals surface area (Å²) in [5, 5.41) is 2.93. The van der Waals surface area contributed by atoms with Crippen LogP contribution >= 0.6 is 0 Å². The molecule has 202 valence electrons. The molecule has 3 rings (SSSR count). The highest BCUT2D eigenvalue weighted by Crippen LogP contribution is 2.27. The highest BCUT2D eigenvalue weighted by Gasteiger charge is 2.32. The van der Waals surface area contributed by atoms with Crippen LogP contribution in [0.4, 0.5) is 5.69 Å². The van der Waals surface area contributed by atoms with E-state index >= 15 is 0 Å². The summed E-state index contributed by atoms with van der Waals surface area (Å²) in [7, 11) is -2.63. The minimum atomic E-state index is -4.12. The molecule has 0 spiro atoms. The number of anilines is 1. The van der Waals surface area contributed by atoms with Gasteiger partial charge in [0.15, 0.2) is 0 Å². The quantitative estimate of drug-likeness (QED) is 0.373. The number of carbonyl (C=O) groups is 2. The number of methoxy groups -OCH3 is 1. The van der Waals surface area contributed by atoms with Crippen LogP contribution in [0.1, 0.15) is 32.8 Å². The van der Waals surface area contributed by atoms with Crippen molar-refractivity contribution < 1.29 is 22.7 Å². The van der Waals surface area contributed by atoms with Crippen LogP contribution in [0.5, 0.6) is 5.75 Å². The molecule has 2 amide bonds. The fourth-order valence-corrected chi connectivity index (χ4v) is 5.27. The number of nitrogens with one attached hydrogen (secondary N) is 1. The zero-order valence-corrected chi connectivity index (χ0v) is 23.0. The van der Waals surface area contributed by atoms with E-state index in [1.807, 2.05) is 44.2 Å². The molecule has 0 aromatic heterocycles. The first-order chi connectivity index (χ1) is 18.2. The number of ether oxygens (including phenoxy) is 1. The van der Waals surface area contributed by atoms with Crippen molar-refractivity contribution in [3.63, 3.8) is 0 Å². The van der Waals surface area contributed by atoms with Crippen LogP contribution in [0.25, 0.3) is 0 Å². The average molecular weight is 538 g/mol. The van der Waals surface area contributed by atoms with Gasteiger partial charge in [-0.15, -0.1) is 0 Å². The molecule has 0 saturated heterocycles. The fraction of sp³-hybridized carbons (Fsp3) is 0.310. The molecule has 1 N–H and O–H groups in total. The van der Waals surface area contributed by atoms with Gasteiger partial charge in [0.05, 0.1) is 17.7 Å². The number of amides is 2. The Balaban J connectivity index is 2.02. The number of hydrogen-bond donors (Lipinski definition) is 1. The second-order valence-electron chi connectivity index (χ2n) is 9.03. The summed E-state index contributed by atoms with van der Waals surface area (Å²) < 4.78 is 33.9. The first-order valence-corrected chi connectivity index (χ1v) is 14.0. The van der Waals surface area contributed by atoms with Crippen molar-refractivity contribution in [3.05, 3.63) is 90.5 Å². The van der Waals surface area contributed by atoms with E-state index in [0.29, 0.717) is 5.75 Å². The van der Waals surface area contributed by atoms with Crippen LogP contribution in [-0.2, 0) is 26.2 Å². The van der Waals surface area contributed by atoms with Gasteiger partial charge >= 0.3 is 0 Å².